The quantitative estimate of drug-likeness (QED) is 0.182. The van der Waals surface area contributed by atoms with E-state index in [-0.39, 0.29) is 10.8 Å². The number of hydrogen-bond acceptors (Lipinski definition) is 1. The molecule has 0 radical (unpaired) electrons. The van der Waals surface area contributed by atoms with Crippen LogP contribution in [0.5, 0.6) is 0 Å². The number of rotatable bonds is 4. The first-order valence-corrected chi connectivity index (χ1v) is 15.6. The normalized spacial score (nSPS) is 12.2. The Labute approximate surface area is 265 Å². The van der Waals surface area contributed by atoms with Crippen LogP contribution in [0.4, 0.5) is 17.1 Å². The Morgan fingerprint density at radius 3 is 1.60 bits per heavy atom. The van der Waals surface area contributed by atoms with Crippen molar-refractivity contribution in [3.05, 3.63) is 136 Å². The van der Waals surface area contributed by atoms with Crippen molar-refractivity contribution in [2.45, 2.75) is 52.4 Å². The second-order valence-electron chi connectivity index (χ2n) is 13.4. The molecule has 0 N–H and O–H groups in total. The van der Waals surface area contributed by atoms with Crippen LogP contribution in [0.2, 0.25) is 10.0 Å². The Balaban J connectivity index is 1.80. The average molecular weight is 603 g/mol. The molecule has 1 nitrogen and oxygen atoms in total. The third-order valence-electron chi connectivity index (χ3n) is 8.28. The SMILES string of the molecule is CC(C)(C)c1cccc(N(c2cc(C(C)(C)C)cc(Cl)c2Cl)c2c3ccccc3c(-c3ccccc3)c3ccccc23)c1. The molecule has 3 heteroatoms. The minimum absolute atomic E-state index is 0.0301. The summed E-state index contributed by atoms with van der Waals surface area (Å²) in [6.07, 6.45) is 0. The van der Waals surface area contributed by atoms with Gasteiger partial charge in [-0.2, -0.15) is 0 Å². The van der Waals surface area contributed by atoms with E-state index in [1.807, 2.05) is 6.07 Å². The zero-order chi connectivity index (χ0) is 30.5. The topological polar surface area (TPSA) is 3.24 Å². The molecule has 0 amide bonds. The van der Waals surface area contributed by atoms with Crippen molar-refractivity contribution in [3.63, 3.8) is 0 Å². The molecule has 0 aliphatic carbocycles. The van der Waals surface area contributed by atoms with Crippen molar-refractivity contribution < 1.29 is 0 Å². The molecule has 6 aromatic rings. The summed E-state index contributed by atoms with van der Waals surface area (Å²) in [7, 11) is 0. The number of fused-ring (bicyclic) bond motifs is 2. The summed E-state index contributed by atoms with van der Waals surface area (Å²) in [5.41, 5.74) is 7.64. The highest BCUT2D eigenvalue weighted by Gasteiger charge is 2.27. The number of anilines is 3. The van der Waals surface area contributed by atoms with Gasteiger partial charge in [0.1, 0.15) is 0 Å². The third kappa shape index (κ3) is 5.42. The molecule has 0 heterocycles. The largest absolute Gasteiger partial charge is 0.308 e. The van der Waals surface area contributed by atoms with Crippen LogP contribution in [0.1, 0.15) is 52.7 Å². The maximum Gasteiger partial charge on any atom is 0.0833 e. The van der Waals surface area contributed by atoms with Crippen molar-refractivity contribution in [1.29, 1.82) is 0 Å². The Hall–Kier alpha value is -3.78. The van der Waals surface area contributed by atoms with Crippen LogP contribution in [-0.2, 0) is 10.8 Å². The lowest BCUT2D eigenvalue weighted by Gasteiger charge is -2.33. The van der Waals surface area contributed by atoms with Gasteiger partial charge in [0.25, 0.3) is 0 Å². The molecule has 0 saturated carbocycles. The monoisotopic (exact) mass is 601 g/mol. The predicted molar refractivity (Wildman–Crippen MR) is 189 cm³/mol. The third-order valence-corrected chi connectivity index (χ3v) is 9.07. The fraction of sp³-hybridized carbons (Fsp3) is 0.200. The van der Waals surface area contributed by atoms with Crippen molar-refractivity contribution in [2.75, 3.05) is 4.90 Å². The van der Waals surface area contributed by atoms with Crippen LogP contribution in [0.15, 0.2) is 115 Å². The number of benzene rings is 6. The van der Waals surface area contributed by atoms with E-state index < -0.39 is 0 Å². The van der Waals surface area contributed by atoms with Gasteiger partial charge in [-0.25, -0.2) is 0 Å². The lowest BCUT2D eigenvalue weighted by Crippen LogP contribution is -2.17. The van der Waals surface area contributed by atoms with Gasteiger partial charge in [0.2, 0.25) is 0 Å². The molecule has 0 saturated heterocycles. The minimum Gasteiger partial charge on any atom is -0.308 e. The molecule has 0 aliphatic heterocycles. The Morgan fingerprint density at radius 1 is 0.512 bits per heavy atom. The molecule has 0 bridgehead atoms. The van der Waals surface area contributed by atoms with Gasteiger partial charge in [-0.05, 0) is 68.1 Å². The molecule has 0 atom stereocenters. The van der Waals surface area contributed by atoms with Gasteiger partial charge in [0.05, 0.1) is 21.4 Å². The Morgan fingerprint density at radius 2 is 1.05 bits per heavy atom. The van der Waals surface area contributed by atoms with E-state index in [4.69, 9.17) is 23.2 Å². The van der Waals surface area contributed by atoms with E-state index >= 15 is 0 Å². The van der Waals surface area contributed by atoms with Gasteiger partial charge in [-0.15, -0.1) is 0 Å². The summed E-state index contributed by atoms with van der Waals surface area (Å²) in [4.78, 5) is 2.33. The molecular formula is C40H37Cl2N. The molecule has 0 aliphatic rings. The van der Waals surface area contributed by atoms with Crippen molar-refractivity contribution >= 4 is 61.8 Å². The summed E-state index contributed by atoms with van der Waals surface area (Å²) in [6.45, 7) is 13.4. The smallest absolute Gasteiger partial charge is 0.0833 e. The van der Waals surface area contributed by atoms with Gasteiger partial charge in [-0.1, -0.05) is 156 Å². The summed E-state index contributed by atoms with van der Waals surface area (Å²) < 4.78 is 0. The van der Waals surface area contributed by atoms with Gasteiger partial charge in [0.15, 0.2) is 0 Å². The maximum atomic E-state index is 7.20. The Kier molecular flexibility index (Phi) is 7.53. The van der Waals surface area contributed by atoms with Crippen molar-refractivity contribution in [3.8, 4) is 11.1 Å². The summed E-state index contributed by atoms with van der Waals surface area (Å²) in [6, 6.07) is 41.2. The predicted octanol–water partition coefficient (Wildman–Crippen LogP) is 13.0. The van der Waals surface area contributed by atoms with E-state index in [1.54, 1.807) is 0 Å². The maximum absolute atomic E-state index is 7.20. The highest BCUT2D eigenvalue weighted by Crippen LogP contribution is 2.51. The second kappa shape index (κ2) is 11.1. The van der Waals surface area contributed by atoms with E-state index in [9.17, 15) is 0 Å². The Bertz CT molecular complexity index is 1900. The first-order chi connectivity index (χ1) is 20.4. The first-order valence-electron chi connectivity index (χ1n) is 14.8. The molecule has 0 aromatic heterocycles. The molecule has 0 unspecified atom stereocenters. The second-order valence-corrected chi connectivity index (χ2v) is 14.1. The average Bonchev–Trinajstić information content (AvgIpc) is 2.98. The van der Waals surface area contributed by atoms with E-state index in [2.05, 4.69) is 156 Å². The van der Waals surface area contributed by atoms with Crippen LogP contribution in [0, 0.1) is 0 Å². The fourth-order valence-corrected chi connectivity index (χ4v) is 6.34. The zero-order valence-electron chi connectivity index (χ0n) is 25.7. The van der Waals surface area contributed by atoms with Crippen LogP contribution in [-0.4, -0.2) is 0 Å². The van der Waals surface area contributed by atoms with Crippen molar-refractivity contribution in [2.24, 2.45) is 0 Å². The molecule has 43 heavy (non-hydrogen) atoms. The van der Waals surface area contributed by atoms with E-state index in [0.29, 0.717) is 10.0 Å². The van der Waals surface area contributed by atoms with Gasteiger partial charge < -0.3 is 4.90 Å². The fourth-order valence-electron chi connectivity index (χ4n) is 5.93. The molecule has 216 valence electrons. The molecule has 6 rings (SSSR count). The molecule has 6 aromatic carbocycles. The highest BCUT2D eigenvalue weighted by molar-refractivity contribution is 6.44. The van der Waals surface area contributed by atoms with Crippen LogP contribution in [0.3, 0.4) is 0 Å². The van der Waals surface area contributed by atoms with Crippen LogP contribution < -0.4 is 4.90 Å². The van der Waals surface area contributed by atoms with Crippen LogP contribution in [0.25, 0.3) is 32.7 Å². The lowest BCUT2D eigenvalue weighted by atomic mass is 9.85. The zero-order valence-corrected chi connectivity index (χ0v) is 27.2. The molecule has 0 fully saturated rings. The van der Waals surface area contributed by atoms with E-state index in [0.717, 1.165) is 33.4 Å². The summed E-state index contributed by atoms with van der Waals surface area (Å²) in [5.74, 6) is 0. The number of halogens is 2. The first kappa shape index (κ1) is 29.3. The highest BCUT2D eigenvalue weighted by atomic mass is 35.5. The van der Waals surface area contributed by atoms with Gasteiger partial charge in [-0.3, -0.25) is 0 Å². The summed E-state index contributed by atoms with van der Waals surface area (Å²) in [5, 5.41) is 5.76. The van der Waals surface area contributed by atoms with Gasteiger partial charge >= 0.3 is 0 Å². The standard InChI is InChI=1S/C40H37Cl2N/c1-39(2,3)27-17-14-18-29(23-27)43(35-25-28(40(4,5)6)24-34(41)37(35)42)38-32-21-12-10-19-30(32)36(26-15-8-7-9-16-26)31-20-11-13-22-33(31)38/h7-25H,1-6H3. The number of hydrogen-bond donors (Lipinski definition) is 0. The molecular weight excluding hydrogens is 565 g/mol. The van der Waals surface area contributed by atoms with Crippen LogP contribution >= 0.6 is 23.2 Å². The number of nitrogens with zero attached hydrogens (tertiary/aromatic N) is 1. The van der Waals surface area contributed by atoms with Gasteiger partial charge in [0, 0.05) is 16.5 Å². The van der Waals surface area contributed by atoms with E-state index in [1.165, 1.54) is 27.5 Å². The summed E-state index contributed by atoms with van der Waals surface area (Å²) >= 11 is 14.1. The minimum atomic E-state index is -0.122. The van der Waals surface area contributed by atoms with Crippen molar-refractivity contribution in [1.82, 2.24) is 0 Å². The molecule has 0 spiro atoms. The lowest BCUT2D eigenvalue weighted by molar-refractivity contribution is 0.590.